The standard InChI is InChI=1S/C19H32N4O3.HI/c1-23(8-11-24-2)9-12-26-17-6-3-5-16(13-17)14-21-19(20)22-15-18-7-4-10-25-18;/h3,5-6,13,18H,4,7-12,14-15H2,1-2H3,(H3,20,21,22);1H. The topological polar surface area (TPSA) is 81.3 Å². The van der Waals surface area contributed by atoms with Crippen LogP contribution in [-0.4, -0.2) is 70.6 Å². The third kappa shape index (κ3) is 10.1. The predicted molar refractivity (Wildman–Crippen MR) is 119 cm³/mol. The van der Waals surface area contributed by atoms with Crippen LogP contribution in [0.5, 0.6) is 5.75 Å². The Morgan fingerprint density at radius 1 is 1.37 bits per heavy atom. The van der Waals surface area contributed by atoms with Crippen LogP contribution in [-0.2, 0) is 16.0 Å². The van der Waals surface area contributed by atoms with Gasteiger partial charge in [0.15, 0.2) is 5.96 Å². The molecule has 1 fully saturated rings. The minimum atomic E-state index is 0. The molecule has 1 aliphatic rings. The molecule has 0 bridgehead atoms. The van der Waals surface area contributed by atoms with E-state index in [1.165, 1.54) is 0 Å². The average molecular weight is 492 g/mol. The molecule has 0 saturated carbocycles. The summed E-state index contributed by atoms with van der Waals surface area (Å²) in [6.07, 6.45) is 2.46. The first-order valence-corrected chi connectivity index (χ1v) is 9.22. The van der Waals surface area contributed by atoms with Gasteiger partial charge in [0.25, 0.3) is 0 Å². The summed E-state index contributed by atoms with van der Waals surface area (Å²) in [4.78, 5) is 6.57. The highest BCUT2D eigenvalue weighted by Gasteiger charge is 2.14. The molecule has 1 aromatic carbocycles. The van der Waals surface area contributed by atoms with Crippen LogP contribution in [0.1, 0.15) is 18.4 Å². The molecule has 0 aliphatic carbocycles. The molecule has 3 N–H and O–H groups in total. The molecule has 0 amide bonds. The molecule has 1 aromatic rings. The minimum Gasteiger partial charge on any atom is -0.492 e. The Labute approximate surface area is 179 Å². The van der Waals surface area contributed by atoms with Crippen molar-refractivity contribution in [2.75, 3.05) is 53.6 Å². The number of nitrogens with one attached hydrogen (secondary N) is 1. The molecule has 2 rings (SSSR count). The Morgan fingerprint density at radius 2 is 2.19 bits per heavy atom. The number of hydrogen-bond acceptors (Lipinski definition) is 5. The molecule has 1 atom stereocenters. The molecule has 27 heavy (non-hydrogen) atoms. The lowest BCUT2D eigenvalue weighted by molar-refractivity contribution is 0.114. The quantitative estimate of drug-likeness (QED) is 0.279. The summed E-state index contributed by atoms with van der Waals surface area (Å²) >= 11 is 0. The molecule has 1 saturated heterocycles. The normalized spacial score (nSPS) is 17.0. The van der Waals surface area contributed by atoms with Crippen molar-refractivity contribution in [2.45, 2.75) is 25.5 Å². The van der Waals surface area contributed by atoms with E-state index in [0.717, 1.165) is 57.0 Å². The van der Waals surface area contributed by atoms with E-state index in [4.69, 9.17) is 19.9 Å². The molecule has 0 spiro atoms. The fourth-order valence-electron chi connectivity index (χ4n) is 2.67. The van der Waals surface area contributed by atoms with Gasteiger partial charge in [0.2, 0.25) is 0 Å². The number of ether oxygens (including phenoxy) is 3. The first kappa shape index (κ1) is 23.9. The van der Waals surface area contributed by atoms with Crippen LogP contribution in [0.4, 0.5) is 0 Å². The van der Waals surface area contributed by atoms with Gasteiger partial charge in [-0.3, -0.25) is 0 Å². The lowest BCUT2D eigenvalue weighted by Gasteiger charge is -2.16. The Hall–Kier alpha value is -1.10. The van der Waals surface area contributed by atoms with E-state index in [2.05, 4.69) is 22.3 Å². The van der Waals surface area contributed by atoms with Gasteiger partial charge in [-0.25, -0.2) is 4.99 Å². The van der Waals surface area contributed by atoms with Gasteiger partial charge in [-0.2, -0.15) is 0 Å². The molecule has 0 aromatic heterocycles. The summed E-state index contributed by atoms with van der Waals surface area (Å²) in [5.41, 5.74) is 6.99. The molecule has 0 radical (unpaired) electrons. The Bertz CT molecular complexity index is 554. The molecule has 154 valence electrons. The van der Waals surface area contributed by atoms with Crippen LogP contribution in [0.15, 0.2) is 29.3 Å². The highest BCUT2D eigenvalue weighted by Crippen LogP contribution is 2.14. The average Bonchev–Trinajstić information content (AvgIpc) is 3.17. The van der Waals surface area contributed by atoms with Crippen molar-refractivity contribution in [2.24, 2.45) is 10.7 Å². The van der Waals surface area contributed by atoms with E-state index in [1.54, 1.807) is 7.11 Å². The summed E-state index contributed by atoms with van der Waals surface area (Å²) in [5.74, 6) is 1.30. The first-order chi connectivity index (χ1) is 12.7. The third-order valence-corrected chi connectivity index (χ3v) is 4.28. The Kier molecular flexibility index (Phi) is 12.4. The van der Waals surface area contributed by atoms with Gasteiger partial charge in [0.1, 0.15) is 12.4 Å². The maximum atomic E-state index is 5.93. The van der Waals surface area contributed by atoms with Crippen LogP contribution >= 0.6 is 24.0 Å². The van der Waals surface area contributed by atoms with Gasteiger partial charge in [-0.15, -0.1) is 24.0 Å². The molecule has 1 unspecified atom stereocenters. The summed E-state index contributed by atoms with van der Waals surface area (Å²) in [5, 5.41) is 3.13. The smallest absolute Gasteiger partial charge is 0.189 e. The number of rotatable bonds is 11. The molecular weight excluding hydrogens is 459 g/mol. The van der Waals surface area contributed by atoms with Crippen molar-refractivity contribution in [3.8, 4) is 5.75 Å². The van der Waals surface area contributed by atoms with Crippen molar-refractivity contribution >= 4 is 29.9 Å². The fourth-order valence-corrected chi connectivity index (χ4v) is 2.67. The number of halogens is 1. The number of nitrogens with zero attached hydrogens (tertiary/aromatic N) is 2. The van der Waals surface area contributed by atoms with Crippen molar-refractivity contribution in [3.05, 3.63) is 29.8 Å². The number of benzene rings is 1. The number of guanidine groups is 1. The molecule has 8 heteroatoms. The van der Waals surface area contributed by atoms with Gasteiger partial charge in [0, 0.05) is 33.4 Å². The van der Waals surface area contributed by atoms with E-state index < -0.39 is 0 Å². The fraction of sp³-hybridized carbons (Fsp3) is 0.632. The second-order valence-corrected chi connectivity index (χ2v) is 6.51. The third-order valence-electron chi connectivity index (χ3n) is 4.28. The first-order valence-electron chi connectivity index (χ1n) is 9.22. The van der Waals surface area contributed by atoms with Gasteiger partial charge in [0.05, 0.1) is 19.3 Å². The van der Waals surface area contributed by atoms with Crippen LogP contribution in [0.2, 0.25) is 0 Å². The maximum Gasteiger partial charge on any atom is 0.189 e. The SMILES string of the molecule is COCCN(C)CCOc1cccc(CN=C(N)NCC2CCCO2)c1.I. The lowest BCUT2D eigenvalue weighted by Crippen LogP contribution is -2.37. The Balaban J connectivity index is 0.00000364. The second kappa shape index (κ2) is 14.0. The predicted octanol–water partition coefficient (Wildman–Crippen LogP) is 1.84. The van der Waals surface area contributed by atoms with Crippen LogP contribution in [0.3, 0.4) is 0 Å². The summed E-state index contributed by atoms with van der Waals surface area (Å²) in [6, 6.07) is 7.96. The number of nitrogens with two attached hydrogens (primary N) is 1. The van der Waals surface area contributed by atoms with E-state index in [-0.39, 0.29) is 30.1 Å². The molecule has 1 heterocycles. The van der Waals surface area contributed by atoms with Gasteiger partial charge >= 0.3 is 0 Å². The number of likely N-dealkylation sites (N-methyl/N-ethyl adjacent to an activating group) is 1. The zero-order valence-electron chi connectivity index (χ0n) is 16.4. The summed E-state index contributed by atoms with van der Waals surface area (Å²) in [7, 11) is 3.77. The van der Waals surface area contributed by atoms with Crippen molar-refractivity contribution in [1.82, 2.24) is 10.2 Å². The summed E-state index contributed by atoms with van der Waals surface area (Å²) < 4.78 is 16.5. The van der Waals surface area contributed by atoms with Crippen molar-refractivity contribution < 1.29 is 14.2 Å². The zero-order valence-corrected chi connectivity index (χ0v) is 18.7. The van der Waals surface area contributed by atoms with Crippen LogP contribution in [0, 0.1) is 0 Å². The second-order valence-electron chi connectivity index (χ2n) is 6.51. The van der Waals surface area contributed by atoms with Gasteiger partial charge in [-0.1, -0.05) is 12.1 Å². The molecule has 1 aliphatic heterocycles. The van der Waals surface area contributed by atoms with Crippen molar-refractivity contribution in [1.29, 1.82) is 0 Å². The number of aliphatic imine (C=N–C) groups is 1. The van der Waals surface area contributed by atoms with E-state index in [0.29, 0.717) is 19.1 Å². The maximum absolute atomic E-state index is 5.93. The number of methoxy groups -OCH3 is 1. The van der Waals surface area contributed by atoms with Crippen LogP contribution < -0.4 is 15.8 Å². The van der Waals surface area contributed by atoms with Gasteiger partial charge < -0.3 is 30.2 Å². The highest BCUT2D eigenvalue weighted by molar-refractivity contribution is 14.0. The lowest BCUT2D eigenvalue weighted by atomic mass is 10.2. The molecule has 7 nitrogen and oxygen atoms in total. The largest absolute Gasteiger partial charge is 0.492 e. The van der Waals surface area contributed by atoms with Crippen LogP contribution in [0.25, 0.3) is 0 Å². The van der Waals surface area contributed by atoms with Crippen molar-refractivity contribution in [3.63, 3.8) is 0 Å². The van der Waals surface area contributed by atoms with E-state index in [9.17, 15) is 0 Å². The van der Waals surface area contributed by atoms with Gasteiger partial charge in [-0.05, 0) is 37.6 Å². The molecular formula is C19H33IN4O3. The Morgan fingerprint density at radius 3 is 2.93 bits per heavy atom. The van der Waals surface area contributed by atoms with E-state index >= 15 is 0 Å². The zero-order chi connectivity index (χ0) is 18.6. The summed E-state index contributed by atoms with van der Waals surface area (Å²) in [6.45, 7) is 5.20. The monoisotopic (exact) mass is 492 g/mol. The minimum absolute atomic E-state index is 0. The van der Waals surface area contributed by atoms with E-state index in [1.807, 2.05) is 24.3 Å². The number of hydrogen-bond donors (Lipinski definition) is 2. The highest BCUT2D eigenvalue weighted by atomic mass is 127.